The number of carbonyl (C=O) groups excluding carboxylic acids is 1. The molecule has 1 fully saturated rings. The van der Waals surface area contributed by atoms with Gasteiger partial charge in [0.15, 0.2) is 0 Å². The highest BCUT2D eigenvalue weighted by molar-refractivity contribution is 5.82. The van der Waals surface area contributed by atoms with Gasteiger partial charge in [-0.15, -0.1) is 0 Å². The summed E-state index contributed by atoms with van der Waals surface area (Å²) in [4.78, 5) is 13.6. The highest BCUT2D eigenvalue weighted by Crippen LogP contribution is 2.09. The van der Waals surface area contributed by atoms with Crippen molar-refractivity contribution in [1.82, 2.24) is 10.2 Å². The van der Waals surface area contributed by atoms with Crippen molar-refractivity contribution in [2.24, 2.45) is 0 Å². The monoisotopic (exact) mass is 222 g/mol. The molecule has 86 valence electrons. The standard InChI is InChI=1S/C12H15FN2O/c1-9-12(16)15(7-6-14-9)8-10-2-4-11(13)5-3-10/h2-5,9,14H,6-8H2,1H3. The average molecular weight is 222 g/mol. The molecule has 4 heteroatoms. The Morgan fingerprint density at radius 3 is 2.81 bits per heavy atom. The molecule has 0 aromatic heterocycles. The summed E-state index contributed by atoms with van der Waals surface area (Å²) < 4.78 is 12.7. The van der Waals surface area contributed by atoms with E-state index in [0.717, 1.165) is 12.1 Å². The van der Waals surface area contributed by atoms with E-state index < -0.39 is 0 Å². The van der Waals surface area contributed by atoms with E-state index in [2.05, 4.69) is 5.32 Å². The SMILES string of the molecule is CC1NCCN(Cc2ccc(F)cc2)C1=O. The largest absolute Gasteiger partial charge is 0.336 e. The molecule has 1 aromatic rings. The second-order valence-corrected chi connectivity index (χ2v) is 4.06. The number of rotatable bonds is 2. The number of hydrogen-bond donors (Lipinski definition) is 1. The summed E-state index contributed by atoms with van der Waals surface area (Å²) in [5.74, 6) is -0.140. The zero-order valence-electron chi connectivity index (χ0n) is 9.24. The van der Waals surface area contributed by atoms with Crippen LogP contribution in [0.15, 0.2) is 24.3 Å². The molecule has 1 heterocycles. The first-order valence-electron chi connectivity index (χ1n) is 5.43. The lowest BCUT2D eigenvalue weighted by Gasteiger charge is -2.31. The van der Waals surface area contributed by atoms with Crippen LogP contribution >= 0.6 is 0 Å². The number of benzene rings is 1. The Labute approximate surface area is 94.3 Å². The first-order valence-corrected chi connectivity index (χ1v) is 5.43. The highest BCUT2D eigenvalue weighted by Gasteiger charge is 2.24. The smallest absolute Gasteiger partial charge is 0.239 e. The highest BCUT2D eigenvalue weighted by atomic mass is 19.1. The quantitative estimate of drug-likeness (QED) is 0.814. The van der Waals surface area contributed by atoms with Crippen LogP contribution in [0.2, 0.25) is 0 Å². The molecule has 1 amide bonds. The maximum Gasteiger partial charge on any atom is 0.239 e. The third kappa shape index (κ3) is 2.39. The predicted octanol–water partition coefficient (Wildman–Crippen LogP) is 1.15. The second-order valence-electron chi connectivity index (χ2n) is 4.06. The molecule has 1 aromatic carbocycles. The van der Waals surface area contributed by atoms with Crippen LogP contribution in [0.3, 0.4) is 0 Å². The van der Waals surface area contributed by atoms with Crippen molar-refractivity contribution in [2.45, 2.75) is 19.5 Å². The van der Waals surface area contributed by atoms with E-state index >= 15 is 0 Å². The normalized spacial score (nSPS) is 21.2. The van der Waals surface area contributed by atoms with Crippen LogP contribution in [0.25, 0.3) is 0 Å². The summed E-state index contributed by atoms with van der Waals surface area (Å²) in [7, 11) is 0. The molecule has 0 aliphatic carbocycles. The van der Waals surface area contributed by atoms with Gasteiger partial charge in [-0.3, -0.25) is 4.79 Å². The summed E-state index contributed by atoms with van der Waals surface area (Å²) in [6, 6.07) is 6.16. The Hall–Kier alpha value is -1.42. The maximum atomic E-state index is 12.7. The average Bonchev–Trinajstić information content (AvgIpc) is 2.28. The zero-order valence-corrected chi connectivity index (χ0v) is 9.24. The summed E-state index contributed by atoms with van der Waals surface area (Å²) in [5, 5.41) is 3.11. The number of amides is 1. The van der Waals surface area contributed by atoms with Crippen LogP contribution in [0, 0.1) is 5.82 Å². The molecular weight excluding hydrogens is 207 g/mol. The summed E-state index contributed by atoms with van der Waals surface area (Å²) >= 11 is 0. The summed E-state index contributed by atoms with van der Waals surface area (Å²) in [6.07, 6.45) is 0. The molecule has 2 rings (SSSR count). The third-order valence-electron chi connectivity index (χ3n) is 2.80. The number of carbonyl (C=O) groups is 1. The van der Waals surface area contributed by atoms with Gasteiger partial charge in [0.25, 0.3) is 0 Å². The van der Waals surface area contributed by atoms with Gasteiger partial charge in [0.1, 0.15) is 5.82 Å². The Kier molecular flexibility index (Phi) is 3.19. The fourth-order valence-corrected chi connectivity index (χ4v) is 1.85. The fraction of sp³-hybridized carbons (Fsp3) is 0.417. The first-order chi connectivity index (χ1) is 7.66. The van der Waals surface area contributed by atoms with Gasteiger partial charge in [0.2, 0.25) is 5.91 Å². The number of nitrogens with zero attached hydrogens (tertiary/aromatic N) is 1. The molecule has 0 saturated carbocycles. The number of nitrogens with one attached hydrogen (secondary N) is 1. The van der Waals surface area contributed by atoms with Crippen molar-refractivity contribution >= 4 is 5.91 Å². The van der Waals surface area contributed by atoms with E-state index in [1.807, 2.05) is 6.92 Å². The molecular formula is C12H15FN2O. The van der Waals surface area contributed by atoms with Gasteiger partial charge in [-0.05, 0) is 24.6 Å². The molecule has 1 atom stereocenters. The molecule has 1 N–H and O–H groups in total. The van der Waals surface area contributed by atoms with Gasteiger partial charge < -0.3 is 10.2 Å². The lowest BCUT2D eigenvalue weighted by Crippen LogP contribution is -2.53. The molecule has 1 unspecified atom stereocenters. The lowest BCUT2D eigenvalue weighted by molar-refractivity contribution is -0.135. The van der Waals surface area contributed by atoms with Crippen molar-refractivity contribution in [3.8, 4) is 0 Å². The van der Waals surface area contributed by atoms with Crippen molar-refractivity contribution in [3.63, 3.8) is 0 Å². The van der Waals surface area contributed by atoms with Crippen molar-refractivity contribution in [1.29, 1.82) is 0 Å². The Balaban J connectivity index is 2.03. The zero-order chi connectivity index (χ0) is 11.5. The van der Waals surface area contributed by atoms with Crippen molar-refractivity contribution in [2.75, 3.05) is 13.1 Å². The Morgan fingerprint density at radius 2 is 2.12 bits per heavy atom. The molecule has 1 saturated heterocycles. The molecule has 1 aliphatic rings. The van der Waals surface area contributed by atoms with Crippen LogP contribution in [0.1, 0.15) is 12.5 Å². The van der Waals surface area contributed by atoms with Crippen molar-refractivity contribution in [3.05, 3.63) is 35.6 Å². The van der Waals surface area contributed by atoms with Crippen LogP contribution < -0.4 is 5.32 Å². The molecule has 16 heavy (non-hydrogen) atoms. The molecule has 1 aliphatic heterocycles. The first kappa shape index (κ1) is 11.1. The predicted molar refractivity (Wildman–Crippen MR) is 59.3 cm³/mol. The van der Waals surface area contributed by atoms with E-state index in [1.54, 1.807) is 17.0 Å². The van der Waals surface area contributed by atoms with Crippen LogP contribution in [-0.2, 0) is 11.3 Å². The van der Waals surface area contributed by atoms with Gasteiger partial charge in [-0.25, -0.2) is 4.39 Å². The minimum absolute atomic E-state index is 0.107. The summed E-state index contributed by atoms with van der Waals surface area (Å²) in [5.41, 5.74) is 0.962. The van der Waals surface area contributed by atoms with E-state index in [4.69, 9.17) is 0 Å². The lowest BCUT2D eigenvalue weighted by atomic mass is 10.1. The van der Waals surface area contributed by atoms with Crippen LogP contribution in [-0.4, -0.2) is 29.9 Å². The number of piperazine rings is 1. The maximum absolute atomic E-state index is 12.7. The van der Waals surface area contributed by atoms with Crippen LogP contribution in [0.4, 0.5) is 4.39 Å². The van der Waals surface area contributed by atoms with E-state index in [1.165, 1.54) is 12.1 Å². The van der Waals surface area contributed by atoms with E-state index in [0.29, 0.717) is 13.1 Å². The number of hydrogen-bond acceptors (Lipinski definition) is 2. The Bertz CT molecular complexity index is 377. The van der Waals surface area contributed by atoms with Crippen LogP contribution in [0.5, 0.6) is 0 Å². The Morgan fingerprint density at radius 1 is 1.44 bits per heavy atom. The van der Waals surface area contributed by atoms with Gasteiger partial charge in [0.05, 0.1) is 6.04 Å². The molecule has 0 spiro atoms. The molecule has 0 radical (unpaired) electrons. The van der Waals surface area contributed by atoms with Gasteiger partial charge in [-0.1, -0.05) is 12.1 Å². The topological polar surface area (TPSA) is 32.3 Å². The fourth-order valence-electron chi connectivity index (χ4n) is 1.85. The van der Waals surface area contributed by atoms with Crippen molar-refractivity contribution < 1.29 is 9.18 Å². The minimum atomic E-state index is -0.247. The third-order valence-corrected chi connectivity index (χ3v) is 2.80. The van der Waals surface area contributed by atoms with E-state index in [9.17, 15) is 9.18 Å². The second kappa shape index (κ2) is 4.61. The van der Waals surface area contributed by atoms with Gasteiger partial charge in [-0.2, -0.15) is 0 Å². The molecule has 3 nitrogen and oxygen atoms in total. The molecule has 0 bridgehead atoms. The summed E-state index contributed by atoms with van der Waals surface area (Å²) in [6.45, 7) is 3.94. The van der Waals surface area contributed by atoms with Gasteiger partial charge >= 0.3 is 0 Å². The minimum Gasteiger partial charge on any atom is -0.336 e. The number of halogens is 1. The van der Waals surface area contributed by atoms with E-state index in [-0.39, 0.29) is 17.8 Å². The van der Waals surface area contributed by atoms with Gasteiger partial charge in [0, 0.05) is 19.6 Å².